The third-order valence-electron chi connectivity index (χ3n) is 4.01. The molecule has 4 rings (SSSR count). The molecule has 0 aliphatic carbocycles. The predicted molar refractivity (Wildman–Crippen MR) is 109 cm³/mol. The molecule has 0 radical (unpaired) electrons. The van der Waals surface area contributed by atoms with Crippen molar-refractivity contribution in [2.75, 3.05) is 0 Å². The lowest BCUT2D eigenvalue weighted by molar-refractivity contribution is 0.683. The van der Waals surface area contributed by atoms with Crippen LogP contribution >= 0.6 is 35.0 Å². The Morgan fingerprint density at radius 3 is 2.41 bits per heavy atom. The highest BCUT2D eigenvalue weighted by atomic mass is 35.5. The average molecular weight is 416 g/mol. The van der Waals surface area contributed by atoms with E-state index in [-0.39, 0.29) is 5.25 Å². The van der Waals surface area contributed by atoms with Crippen molar-refractivity contribution in [2.45, 2.75) is 16.7 Å². The quantitative estimate of drug-likeness (QED) is 0.400. The van der Waals surface area contributed by atoms with Gasteiger partial charge in [0.2, 0.25) is 0 Å². The van der Waals surface area contributed by atoms with Gasteiger partial charge in [-0.2, -0.15) is 15.0 Å². The minimum Gasteiger partial charge on any atom is -0.336 e. The molecule has 5 nitrogen and oxygen atoms in total. The number of nitrogens with zero attached hydrogens (tertiary/aromatic N) is 5. The molecule has 1 unspecified atom stereocenters. The van der Waals surface area contributed by atoms with Crippen LogP contribution in [0.15, 0.2) is 78.5 Å². The van der Waals surface area contributed by atoms with Gasteiger partial charge in [0.1, 0.15) is 0 Å². The van der Waals surface area contributed by atoms with Crippen molar-refractivity contribution in [3.8, 4) is 5.69 Å². The molecule has 2 aromatic heterocycles. The molecule has 8 heteroatoms. The maximum Gasteiger partial charge on any atom is 0.0946 e. The fourth-order valence-corrected chi connectivity index (χ4v) is 4.53. The first-order valence-corrected chi connectivity index (χ1v) is 9.87. The zero-order chi connectivity index (χ0) is 18.6. The van der Waals surface area contributed by atoms with Crippen LogP contribution in [0, 0.1) is 0 Å². The molecular weight excluding hydrogens is 401 g/mol. The van der Waals surface area contributed by atoms with Gasteiger partial charge in [-0.1, -0.05) is 29.3 Å². The van der Waals surface area contributed by atoms with Gasteiger partial charge in [0.25, 0.3) is 0 Å². The smallest absolute Gasteiger partial charge is 0.0946 e. The molecule has 0 aliphatic heterocycles. The summed E-state index contributed by atoms with van der Waals surface area (Å²) < 4.78 is 2.05. The van der Waals surface area contributed by atoms with Crippen LogP contribution in [0.25, 0.3) is 5.69 Å². The highest BCUT2D eigenvalue weighted by Gasteiger charge is 2.18. The second-order valence-corrected chi connectivity index (χ2v) is 7.96. The molecule has 27 heavy (non-hydrogen) atoms. The predicted octanol–water partition coefficient (Wildman–Crippen LogP) is 5.30. The van der Waals surface area contributed by atoms with Crippen molar-refractivity contribution in [2.24, 2.45) is 0 Å². The van der Waals surface area contributed by atoms with Crippen LogP contribution in [0.4, 0.5) is 0 Å². The van der Waals surface area contributed by atoms with E-state index in [1.54, 1.807) is 41.2 Å². The number of imidazole rings is 1. The summed E-state index contributed by atoms with van der Waals surface area (Å²) in [4.78, 5) is 6.85. The highest BCUT2D eigenvalue weighted by Crippen LogP contribution is 2.40. The van der Waals surface area contributed by atoms with Gasteiger partial charge in [0.05, 0.1) is 29.7 Å². The van der Waals surface area contributed by atoms with Crippen molar-refractivity contribution in [3.05, 3.63) is 89.2 Å². The van der Waals surface area contributed by atoms with Crippen molar-refractivity contribution < 1.29 is 0 Å². The van der Waals surface area contributed by atoms with Crippen LogP contribution in [0.5, 0.6) is 0 Å². The average Bonchev–Trinajstić information content (AvgIpc) is 3.36. The number of rotatable bonds is 6. The van der Waals surface area contributed by atoms with Gasteiger partial charge in [0.15, 0.2) is 0 Å². The van der Waals surface area contributed by atoms with E-state index < -0.39 is 0 Å². The summed E-state index contributed by atoms with van der Waals surface area (Å²) in [6, 6.07) is 13.8. The van der Waals surface area contributed by atoms with Crippen molar-refractivity contribution in [1.29, 1.82) is 0 Å². The second-order valence-electron chi connectivity index (χ2n) is 5.84. The van der Waals surface area contributed by atoms with E-state index in [2.05, 4.69) is 27.3 Å². The van der Waals surface area contributed by atoms with Crippen molar-refractivity contribution >= 4 is 35.0 Å². The molecule has 0 amide bonds. The summed E-state index contributed by atoms with van der Waals surface area (Å²) in [7, 11) is 0. The van der Waals surface area contributed by atoms with E-state index in [1.807, 2.05) is 41.4 Å². The van der Waals surface area contributed by atoms with Crippen LogP contribution in [0.3, 0.4) is 0 Å². The number of benzene rings is 2. The molecular formula is C19H15Cl2N5S. The van der Waals surface area contributed by atoms with E-state index >= 15 is 0 Å². The Kier molecular flexibility index (Phi) is 5.48. The van der Waals surface area contributed by atoms with Crippen molar-refractivity contribution in [1.82, 2.24) is 24.5 Å². The standard InChI is InChI=1S/C19H15Cl2N5S/c20-14-1-6-17(18(21)11-14)19(12-25-10-9-22-13-25)27-16-4-2-15(3-5-16)26-23-7-8-24-26/h1-11,13,19H,12H2. The summed E-state index contributed by atoms with van der Waals surface area (Å²) in [5, 5.41) is 9.71. The number of halogens is 2. The van der Waals surface area contributed by atoms with Crippen LogP contribution in [0.1, 0.15) is 10.8 Å². The molecule has 0 saturated heterocycles. The molecule has 0 bridgehead atoms. The molecule has 0 aliphatic rings. The molecule has 0 spiro atoms. The minimum absolute atomic E-state index is 0.109. The molecule has 1 atom stereocenters. The lowest BCUT2D eigenvalue weighted by atomic mass is 10.1. The Hall–Kier alpha value is -2.28. The minimum atomic E-state index is 0.109. The summed E-state index contributed by atoms with van der Waals surface area (Å²) in [6.45, 7) is 0.745. The zero-order valence-corrected chi connectivity index (χ0v) is 16.4. The first-order valence-electron chi connectivity index (χ1n) is 8.23. The first kappa shape index (κ1) is 18.1. The van der Waals surface area contributed by atoms with Crippen LogP contribution in [-0.2, 0) is 6.54 Å². The molecule has 136 valence electrons. The number of thioether (sulfide) groups is 1. The Bertz CT molecular complexity index is 1000. The summed E-state index contributed by atoms with van der Waals surface area (Å²) in [6.07, 6.45) is 8.85. The Labute approximate surface area is 170 Å². The topological polar surface area (TPSA) is 48.5 Å². The SMILES string of the molecule is Clc1ccc(C(Cn2ccnc2)Sc2ccc(-n3nccn3)cc2)c(Cl)c1. The van der Waals surface area contributed by atoms with Gasteiger partial charge >= 0.3 is 0 Å². The maximum atomic E-state index is 6.48. The fraction of sp³-hybridized carbons (Fsp3) is 0.105. The fourth-order valence-electron chi connectivity index (χ4n) is 2.72. The third-order valence-corrected chi connectivity index (χ3v) is 5.80. The summed E-state index contributed by atoms with van der Waals surface area (Å²) >= 11 is 14.3. The number of aromatic nitrogens is 5. The molecule has 0 saturated carbocycles. The monoisotopic (exact) mass is 415 g/mol. The molecule has 4 aromatic rings. The van der Waals surface area contributed by atoms with Crippen molar-refractivity contribution in [3.63, 3.8) is 0 Å². The lowest BCUT2D eigenvalue weighted by Crippen LogP contribution is -2.06. The Balaban J connectivity index is 1.60. The van der Waals surface area contributed by atoms with Gasteiger partial charge < -0.3 is 4.57 Å². The Morgan fingerprint density at radius 2 is 1.74 bits per heavy atom. The van der Waals surface area contributed by atoms with E-state index in [4.69, 9.17) is 23.2 Å². The van der Waals surface area contributed by atoms with Crippen LogP contribution < -0.4 is 0 Å². The molecule has 0 N–H and O–H groups in total. The highest BCUT2D eigenvalue weighted by molar-refractivity contribution is 7.99. The largest absolute Gasteiger partial charge is 0.336 e. The number of hydrogen-bond donors (Lipinski definition) is 0. The van der Waals surface area contributed by atoms with Gasteiger partial charge in [0, 0.05) is 33.9 Å². The first-order chi connectivity index (χ1) is 13.2. The van der Waals surface area contributed by atoms with E-state index in [9.17, 15) is 0 Å². The van der Waals surface area contributed by atoms with E-state index in [0.717, 1.165) is 22.7 Å². The maximum absolute atomic E-state index is 6.48. The second kappa shape index (κ2) is 8.17. The summed E-state index contributed by atoms with van der Waals surface area (Å²) in [5.41, 5.74) is 1.96. The Morgan fingerprint density at radius 1 is 0.963 bits per heavy atom. The normalized spacial score (nSPS) is 12.2. The van der Waals surface area contributed by atoms with E-state index in [1.165, 1.54) is 0 Å². The molecule has 2 heterocycles. The van der Waals surface area contributed by atoms with Gasteiger partial charge in [-0.05, 0) is 42.0 Å². The molecule has 2 aromatic carbocycles. The van der Waals surface area contributed by atoms with Crippen LogP contribution in [-0.4, -0.2) is 24.5 Å². The zero-order valence-electron chi connectivity index (χ0n) is 14.1. The third kappa shape index (κ3) is 4.35. The lowest BCUT2D eigenvalue weighted by Gasteiger charge is -2.19. The van der Waals surface area contributed by atoms with E-state index in [0.29, 0.717) is 10.0 Å². The van der Waals surface area contributed by atoms with Gasteiger partial charge in [-0.25, -0.2) is 4.98 Å². The number of hydrogen-bond acceptors (Lipinski definition) is 4. The molecule has 0 fully saturated rings. The summed E-state index contributed by atoms with van der Waals surface area (Å²) in [5.74, 6) is 0. The van der Waals surface area contributed by atoms with Gasteiger partial charge in [-0.3, -0.25) is 0 Å². The van der Waals surface area contributed by atoms with Gasteiger partial charge in [-0.15, -0.1) is 11.8 Å². The van der Waals surface area contributed by atoms with Crippen LogP contribution in [0.2, 0.25) is 10.0 Å².